The summed E-state index contributed by atoms with van der Waals surface area (Å²) in [6.45, 7) is 6.64. The van der Waals surface area contributed by atoms with Crippen molar-refractivity contribution in [2.24, 2.45) is 0 Å². The molecule has 0 bridgehead atoms. The summed E-state index contributed by atoms with van der Waals surface area (Å²) in [6, 6.07) is 9.32. The van der Waals surface area contributed by atoms with Gasteiger partial charge in [-0.15, -0.1) is 5.10 Å². The molecule has 29 heavy (non-hydrogen) atoms. The number of anilines is 1. The van der Waals surface area contributed by atoms with Crippen molar-refractivity contribution < 1.29 is 9.64 Å². The van der Waals surface area contributed by atoms with Crippen molar-refractivity contribution in [2.75, 3.05) is 38.2 Å². The van der Waals surface area contributed by atoms with Gasteiger partial charge < -0.3 is 14.5 Å². The minimum Gasteiger partial charge on any atom is -0.497 e. The van der Waals surface area contributed by atoms with Crippen LogP contribution < -0.4 is 14.5 Å². The molecule has 2 aliphatic rings. The second-order valence-corrected chi connectivity index (χ2v) is 8.46. The van der Waals surface area contributed by atoms with Crippen molar-refractivity contribution in [1.82, 2.24) is 20.2 Å². The molecule has 0 spiro atoms. The van der Waals surface area contributed by atoms with Crippen molar-refractivity contribution in [1.29, 1.82) is 0 Å². The molecular weight excluding hydrogens is 364 g/mol. The Hall–Kier alpha value is -2.15. The van der Waals surface area contributed by atoms with Crippen LogP contribution in [0.1, 0.15) is 69.8 Å². The Morgan fingerprint density at radius 2 is 1.83 bits per heavy atom. The predicted molar refractivity (Wildman–Crippen MR) is 113 cm³/mol. The average molecular weight is 400 g/mol. The van der Waals surface area contributed by atoms with Crippen molar-refractivity contribution in [3.8, 4) is 5.75 Å². The lowest BCUT2D eigenvalue weighted by Gasteiger charge is -2.37. The van der Waals surface area contributed by atoms with Crippen molar-refractivity contribution in [3.05, 3.63) is 30.1 Å². The Bertz CT molecular complexity index is 747. The van der Waals surface area contributed by atoms with Crippen molar-refractivity contribution in [2.45, 2.75) is 64.0 Å². The standard InChI is InChI=1S/C22H34N6O/c1-3-7-21(22-23-24-25-28(22)19-8-5-4-6-9-19)27-16-14-26(15-17-27)18-10-12-20(29-2)13-11-18/h10-13,19,21H,3-9,14-17H2,1-2H3/p+1/t21-/m1/s1. The van der Waals surface area contributed by atoms with E-state index in [9.17, 15) is 0 Å². The maximum atomic E-state index is 5.29. The minimum atomic E-state index is 0.398. The number of tetrazole rings is 1. The quantitative estimate of drug-likeness (QED) is 0.775. The largest absolute Gasteiger partial charge is 0.497 e. The lowest BCUT2D eigenvalue weighted by atomic mass is 9.95. The van der Waals surface area contributed by atoms with Crippen molar-refractivity contribution >= 4 is 5.69 Å². The van der Waals surface area contributed by atoms with Crippen LogP contribution in [0.5, 0.6) is 5.75 Å². The third kappa shape index (κ3) is 4.55. The monoisotopic (exact) mass is 399 g/mol. The van der Waals surface area contributed by atoms with Crippen LogP contribution in [0.4, 0.5) is 5.69 Å². The van der Waals surface area contributed by atoms with Gasteiger partial charge in [0.25, 0.3) is 0 Å². The molecule has 7 nitrogen and oxygen atoms in total. The smallest absolute Gasteiger partial charge is 0.209 e. The second kappa shape index (κ2) is 9.57. The molecular formula is C22H35N6O+. The lowest BCUT2D eigenvalue weighted by molar-refractivity contribution is -0.933. The second-order valence-electron chi connectivity index (χ2n) is 8.46. The molecule has 7 heteroatoms. The Kier molecular flexibility index (Phi) is 6.64. The van der Waals surface area contributed by atoms with Gasteiger partial charge in [-0.05, 0) is 47.5 Å². The Labute approximate surface area is 174 Å². The zero-order valence-corrected chi connectivity index (χ0v) is 17.9. The number of quaternary nitrogens is 1. The van der Waals surface area contributed by atoms with Gasteiger partial charge in [0, 0.05) is 12.1 Å². The normalized spacial score (nSPS) is 20.0. The van der Waals surface area contributed by atoms with Gasteiger partial charge in [-0.25, -0.2) is 4.68 Å². The minimum absolute atomic E-state index is 0.398. The highest BCUT2D eigenvalue weighted by Crippen LogP contribution is 2.29. The number of benzene rings is 1. The van der Waals surface area contributed by atoms with Gasteiger partial charge in [0.05, 0.1) is 39.3 Å². The maximum Gasteiger partial charge on any atom is 0.209 e. The van der Waals surface area contributed by atoms with Crippen LogP contribution in [0.15, 0.2) is 24.3 Å². The summed E-state index contributed by atoms with van der Waals surface area (Å²) in [4.78, 5) is 4.11. The highest BCUT2D eigenvalue weighted by molar-refractivity contribution is 5.49. The maximum absolute atomic E-state index is 5.29. The molecule has 1 atom stereocenters. The van der Waals surface area contributed by atoms with Gasteiger partial charge in [-0.3, -0.25) is 0 Å². The van der Waals surface area contributed by atoms with Crippen LogP contribution in [0.25, 0.3) is 0 Å². The fraction of sp³-hybridized carbons (Fsp3) is 0.682. The van der Waals surface area contributed by atoms with Gasteiger partial charge in [0.15, 0.2) is 0 Å². The number of hydrogen-bond acceptors (Lipinski definition) is 5. The number of rotatable bonds is 7. The van der Waals surface area contributed by atoms with Crippen LogP contribution in [-0.2, 0) is 0 Å². The predicted octanol–water partition coefficient (Wildman–Crippen LogP) is 2.43. The molecule has 158 valence electrons. The van der Waals surface area contributed by atoms with Crippen LogP contribution >= 0.6 is 0 Å². The third-order valence-electron chi connectivity index (χ3n) is 6.66. The summed E-state index contributed by atoms with van der Waals surface area (Å²) in [5.74, 6) is 2.03. The fourth-order valence-electron chi connectivity index (χ4n) is 5.01. The van der Waals surface area contributed by atoms with E-state index in [1.165, 1.54) is 37.8 Å². The Balaban J connectivity index is 1.44. The van der Waals surface area contributed by atoms with Crippen LogP contribution in [0.3, 0.4) is 0 Å². The topological polar surface area (TPSA) is 60.5 Å². The van der Waals surface area contributed by atoms with E-state index in [-0.39, 0.29) is 0 Å². The first-order valence-corrected chi connectivity index (χ1v) is 11.3. The zero-order chi connectivity index (χ0) is 20.1. The molecule has 2 fully saturated rings. The zero-order valence-electron chi connectivity index (χ0n) is 17.9. The molecule has 2 heterocycles. The number of ether oxygens (including phenoxy) is 1. The average Bonchev–Trinajstić information content (AvgIpc) is 3.28. The molecule has 1 N–H and O–H groups in total. The van der Waals surface area contributed by atoms with Gasteiger partial charge in [0.2, 0.25) is 5.82 Å². The summed E-state index contributed by atoms with van der Waals surface area (Å²) in [5.41, 5.74) is 1.28. The summed E-state index contributed by atoms with van der Waals surface area (Å²) in [5, 5.41) is 13.1. The van der Waals surface area contributed by atoms with E-state index in [2.05, 4.69) is 44.2 Å². The highest BCUT2D eigenvalue weighted by atomic mass is 16.5. The molecule has 2 aromatic rings. The first kappa shape index (κ1) is 20.1. The summed E-state index contributed by atoms with van der Waals surface area (Å²) < 4.78 is 7.47. The lowest BCUT2D eigenvalue weighted by Crippen LogP contribution is -3.15. The molecule has 1 aliphatic carbocycles. The summed E-state index contributed by atoms with van der Waals surface area (Å²) in [7, 11) is 1.71. The number of hydrogen-bond donors (Lipinski definition) is 1. The van der Waals surface area contributed by atoms with Crippen molar-refractivity contribution in [3.63, 3.8) is 0 Å². The Morgan fingerprint density at radius 1 is 1.10 bits per heavy atom. The highest BCUT2D eigenvalue weighted by Gasteiger charge is 2.34. The van der Waals surface area contributed by atoms with E-state index >= 15 is 0 Å². The van der Waals surface area contributed by atoms with E-state index in [4.69, 9.17) is 4.74 Å². The number of aromatic nitrogens is 4. The molecule has 0 unspecified atom stereocenters. The van der Waals surface area contributed by atoms with Gasteiger partial charge in [0.1, 0.15) is 11.8 Å². The summed E-state index contributed by atoms with van der Waals surface area (Å²) in [6.07, 6.45) is 8.70. The van der Waals surface area contributed by atoms with Crippen LogP contribution in [-0.4, -0.2) is 53.5 Å². The van der Waals surface area contributed by atoms with E-state index in [1.807, 2.05) is 12.1 Å². The van der Waals surface area contributed by atoms with Gasteiger partial charge in [-0.1, -0.05) is 32.6 Å². The van der Waals surface area contributed by atoms with E-state index in [1.54, 1.807) is 12.0 Å². The molecule has 1 saturated heterocycles. The molecule has 1 aliphatic heterocycles. The fourth-order valence-corrected chi connectivity index (χ4v) is 5.01. The SMILES string of the molecule is CCC[C@H](c1nnnn1C1CCCCC1)[NH+]1CCN(c2ccc(OC)cc2)CC1. The van der Waals surface area contributed by atoms with Crippen LogP contribution in [0.2, 0.25) is 0 Å². The van der Waals surface area contributed by atoms with E-state index in [0.29, 0.717) is 12.1 Å². The van der Waals surface area contributed by atoms with Gasteiger partial charge in [-0.2, -0.15) is 0 Å². The molecule has 4 rings (SSSR count). The van der Waals surface area contributed by atoms with Crippen LogP contribution in [0, 0.1) is 0 Å². The summed E-state index contributed by atoms with van der Waals surface area (Å²) >= 11 is 0. The number of nitrogens with one attached hydrogen (secondary N) is 1. The molecule has 1 aromatic heterocycles. The number of methoxy groups -OCH3 is 1. The van der Waals surface area contributed by atoms with E-state index < -0.39 is 0 Å². The molecule has 0 radical (unpaired) electrons. The number of nitrogens with zero attached hydrogens (tertiary/aromatic N) is 5. The molecule has 1 saturated carbocycles. The van der Waals surface area contributed by atoms with E-state index in [0.717, 1.165) is 50.6 Å². The molecule has 0 amide bonds. The number of piperazine rings is 1. The first-order valence-electron chi connectivity index (χ1n) is 11.3. The molecule has 1 aromatic carbocycles. The Morgan fingerprint density at radius 3 is 2.48 bits per heavy atom. The third-order valence-corrected chi connectivity index (χ3v) is 6.66. The first-order chi connectivity index (χ1) is 14.3. The van der Waals surface area contributed by atoms with Gasteiger partial charge >= 0.3 is 0 Å².